The molecule has 4 fully saturated rings. The van der Waals surface area contributed by atoms with Crippen molar-refractivity contribution < 1.29 is 14.3 Å². The molecule has 0 aromatic carbocycles. The van der Waals surface area contributed by atoms with Gasteiger partial charge in [-0.1, -0.05) is 13.8 Å². The van der Waals surface area contributed by atoms with Gasteiger partial charge >= 0.3 is 5.97 Å². The highest BCUT2D eigenvalue weighted by molar-refractivity contribution is 5.82. The topological polar surface area (TPSA) is 79.2 Å². The smallest absolute Gasteiger partial charge is 0.310 e. The highest BCUT2D eigenvalue weighted by Gasteiger charge is 2.51. The van der Waals surface area contributed by atoms with Crippen LogP contribution in [0, 0.1) is 46.8 Å². The number of nitrogens with one attached hydrogen (secondary N) is 1. The largest absolute Gasteiger partial charge is 0.455 e. The molecule has 1 N–H and O–H groups in total. The van der Waals surface area contributed by atoms with E-state index in [2.05, 4.69) is 11.4 Å². The number of carbonyl (C=O) groups excluding carboxylic acids is 2. The molecule has 5 heteroatoms. The molecule has 0 spiro atoms. The van der Waals surface area contributed by atoms with Gasteiger partial charge in [-0.05, 0) is 68.6 Å². The van der Waals surface area contributed by atoms with Gasteiger partial charge in [0, 0.05) is 0 Å². The molecule has 0 radical (unpaired) electrons. The van der Waals surface area contributed by atoms with E-state index in [9.17, 15) is 14.9 Å². The molecule has 4 saturated carbocycles. The Balaban J connectivity index is 1.53. The SMILES string of the molecule is CC(C)[C@](C)(C#N)NC(=O)COC(=O)C1C2CC3CC(C2)CC1C3. The van der Waals surface area contributed by atoms with Crippen molar-refractivity contribution in [2.45, 2.75) is 58.4 Å². The Bertz CT molecular complexity index is 537. The summed E-state index contributed by atoms with van der Waals surface area (Å²) in [5.74, 6) is 1.88. The molecule has 0 heterocycles. The van der Waals surface area contributed by atoms with Gasteiger partial charge in [0.15, 0.2) is 6.61 Å². The van der Waals surface area contributed by atoms with Gasteiger partial charge in [0.05, 0.1) is 12.0 Å². The fourth-order valence-electron chi connectivity index (χ4n) is 5.17. The number of hydrogen-bond acceptors (Lipinski definition) is 4. The van der Waals surface area contributed by atoms with Gasteiger partial charge in [-0.2, -0.15) is 5.26 Å². The average Bonchev–Trinajstić information content (AvgIpc) is 2.51. The first-order chi connectivity index (χ1) is 11.3. The van der Waals surface area contributed by atoms with Crippen molar-refractivity contribution in [3.63, 3.8) is 0 Å². The van der Waals surface area contributed by atoms with Crippen molar-refractivity contribution in [2.75, 3.05) is 6.61 Å². The van der Waals surface area contributed by atoms with Gasteiger partial charge in [-0.3, -0.25) is 9.59 Å². The van der Waals surface area contributed by atoms with Crippen LogP contribution in [0.2, 0.25) is 0 Å². The Morgan fingerprint density at radius 3 is 2.17 bits per heavy atom. The van der Waals surface area contributed by atoms with E-state index in [-0.39, 0.29) is 24.4 Å². The lowest BCUT2D eigenvalue weighted by molar-refractivity contribution is -0.165. The quantitative estimate of drug-likeness (QED) is 0.785. The maximum Gasteiger partial charge on any atom is 0.310 e. The van der Waals surface area contributed by atoms with Gasteiger partial charge in [0.1, 0.15) is 5.54 Å². The first-order valence-corrected chi connectivity index (χ1v) is 9.21. The van der Waals surface area contributed by atoms with Crippen LogP contribution in [0.25, 0.3) is 0 Å². The monoisotopic (exact) mass is 332 g/mol. The Labute approximate surface area is 144 Å². The molecule has 0 saturated heterocycles. The lowest BCUT2D eigenvalue weighted by Gasteiger charge is -2.53. The van der Waals surface area contributed by atoms with E-state index >= 15 is 0 Å². The Morgan fingerprint density at radius 2 is 1.71 bits per heavy atom. The summed E-state index contributed by atoms with van der Waals surface area (Å²) in [5, 5.41) is 11.9. The third kappa shape index (κ3) is 3.16. The lowest BCUT2D eigenvalue weighted by Crippen LogP contribution is -2.51. The minimum absolute atomic E-state index is 0.0157. The third-order valence-corrected chi connectivity index (χ3v) is 6.63. The number of carbonyl (C=O) groups is 2. The van der Waals surface area contributed by atoms with Crippen molar-refractivity contribution >= 4 is 11.9 Å². The van der Waals surface area contributed by atoms with E-state index in [1.54, 1.807) is 6.92 Å². The fourth-order valence-corrected chi connectivity index (χ4v) is 5.17. The van der Waals surface area contributed by atoms with Crippen LogP contribution < -0.4 is 5.32 Å². The van der Waals surface area contributed by atoms with E-state index < -0.39 is 11.4 Å². The zero-order chi connectivity index (χ0) is 17.5. The number of hydrogen-bond donors (Lipinski definition) is 1. The van der Waals surface area contributed by atoms with Crippen LogP contribution in [0.4, 0.5) is 0 Å². The van der Waals surface area contributed by atoms with Crippen LogP contribution in [-0.4, -0.2) is 24.0 Å². The number of ether oxygens (including phenoxy) is 1. The van der Waals surface area contributed by atoms with E-state index in [0.29, 0.717) is 11.8 Å². The summed E-state index contributed by atoms with van der Waals surface area (Å²) in [6.07, 6.45) is 5.95. The van der Waals surface area contributed by atoms with Gasteiger partial charge in [0.2, 0.25) is 0 Å². The second kappa shape index (κ2) is 6.38. The molecule has 4 rings (SSSR count). The highest BCUT2D eigenvalue weighted by atomic mass is 16.5. The van der Waals surface area contributed by atoms with E-state index in [1.165, 1.54) is 6.42 Å². The molecule has 24 heavy (non-hydrogen) atoms. The molecule has 1 atom stereocenters. The molecule has 4 aliphatic carbocycles. The summed E-state index contributed by atoms with van der Waals surface area (Å²) in [5.41, 5.74) is -0.938. The predicted octanol–water partition coefficient (Wildman–Crippen LogP) is 2.66. The van der Waals surface area contributed by atoms with Crippen LogP contribution in [0.15, 0.2) is 0 Å². The summed E-state index contributed by atoms with van der Waals surface area (Å²) in [6.45, 7) is 5.16. The van der Waals surface area contributed by atoms with E-state index in [0.717, 1.165) is 37.5 Å². The van der Waals surface area contributed by atoms with Crippen molar-refractivity contribution in [1.82, 2.24) is 5.32 Å². The van der Waals surface area contributed by atoms with Gasteiger partial charge in [0.25, 0.3) is 5.91 Å². The molecule has 4 aliphatic rings. The molecule has 0 unspecified atom stereocenters. The van der Waals surface area contributed by atoms with Gasteiger partial charge < -0.3 is 10.1 Å². The first kappa shape index (κ1) is 17.3. The van der Waals surface area contributed by atoms with Crippen LogP contribution in [0.3, 0.4) is 0 Å². The summed E-state index contributed by atoms with van der Waals surface area (Å²) in [4.78, 5) is 24.6. The van der Waals surface area contributed by atoms with Crippen molar-refractivity contribution in [1.29, 1.82) is 5.26 Å². The molecule has 1 amide bonds. The molecule has 0 aromatic heterocycles. The molecule has 132 valence electrons. The minimum Gasteiger partial charge on any atom is -0.455 e. The highest BCUT2D eigenvalue weighted by Crippen LogP contribution is 2.56. The Morgan fingerprint density at radius 1 is 1.17 bits per heavy atom. The number of nitriles is 1. The van der Waals surface area contributed by atoms with Crippen molar-refractivity contribution in [3.8, 4) is 6.07 Å². The number of amides is 1. The molecule has 4 bridgehead atoms. The Kier molecular flexibility index (Phi) is 4.59. The van der Waals surface area contributed by atoms with Crippen LogP contribution in [0.5, 0.6) is 0 Å². The first-order valence-electron chi connectivity index (χ1n) is 9.21. The number of esters is 1. The summed E-state index contributed by atoms with van der Waals surface area (Å²) in [6, 6.07) is 2.13. The van der Waals surface area contributed by atoms with Crippen LogP contribution in [-0.2, 0) is 14.3 Å². The zero-order valence-corrected chi connectivity index (χ0v) is 14.9. The second-order valence-corrected chi connectivity index (χ2v) is 8.58. The molecule has 5 nitrogen and oxygen atoms in total. The van der Waals surface area contributed by atoms with Gasteiger partial charge in [-0.15, -0.1) is 0 Å². The van der Waals surface area contributed by atoms with Crippen LogP contribution >= 0.6 is 0 Å². The van der Waals surface area contributed by atoms with Crippen molar-refractivity contribution in [3.05, 3.63) is 0 Å². The Hall–Kier alpha value is -1.57. The number of rotatable bonds is 5. The number of nitrogens with zero attached hydrogens (tertiary/aromatic N) is 1. The normalized spacial score (nSPS) is 36.0. The molecule has 0 aromatic rings. The molecule has 0 aliphatic heterocycles. The minimum atomic E-state index is -0.938. The third-order valence-electron chi connectivity index (χ3n) is 6.63. The molecular formula is C19H28N2O3. The van der Waals surface area contributed by atoms with Gasteiger partial charge in [-0.25, -0.2) is 0 Å². The average molecular weight is 332 g/mol. The van der Waals surface area contributed by atoms with Crippen LogP contribution in [0.1, 0.15) is 52.9 Å². The summed E-state index contributed by atoms with van der Waals surface area (Å²) in [7, 11) is 0. The van der Waals surface area contributed by atoms with E-state index in [1.807, 2.05) is 13.8 Å². The predicted molar refractivity (Wildman–Crippen MR) is 88.5 cm³/mol. The zero-order valence-electron chi connectivity index (χ0n) is 14.9. The summed E-state index contributed by atoms with van der Waals surface area (Å²) >= 11 is 0. The van der Waals surface area contributed by atoms with E-state index in [4.69, 9.17) is 4.74 Å². The standard InChI is InChI=1S/C19H28N2O3/c1-11(2)19(3,10-20)21-16(22)9-24-18(23)17-14-5-12-4-13(7-14)8-15(17)6-12/h11-15,17H,4-9H2,1-3H3,(H,21,22)/t12?,13?,14?,15?,17?,19-/m0/s1. The maximum atomic E-state index is 12.5. The molecular weight excluding hydrogens is 304 g/mol. The fraction of sp³-hybridized carbons (Fsp3) is 0.842. The second-order valence-electron chi connectivity index (χ2n) is 8.58. The lowest BCUT2D eigenvalue weighted by atomic mass is 9.52. The summed E-state index contributed by atoms with van der Waals surface area (Å²) < 4.78 is 5.34. The van der Waals surface area contributed by atoms with Crippen molar-refractivity contribution in [2.24, 2.45) is 35.5 Å². The maximum absolute atomic E-state index is 12.5.